The minimum Gasteiger partial charge on any atom is -0.441 e. The Morgan fingerprint density at radius 1 is 0.854 bits per heavy atom. The number of hydrogen-bond donors (Lipinski definition) is 3. The molecule has 2 atom stereocenters. The number of rotatable bonds is 3. The maximum absolute atomic E-state index is 13.3. The molecular formula is C32H30N4O5. The van der Waals surface area contributed by atoms with Gasteiger partial charge in [-0.3, -0.25) is 14.9 Å². The van der Waals surface area contributed by atoms with Gasteiger partial charge in [0.1, 0.15) is 12.2 Å². The van der Waals surface area contributed by atoms with Crippen molar-refractivity contribution in [3.63, 3.8) is 0 Å². The van der Waals surface area contributed by atoms with Crippen LogP contribution in [0.5, 0.6) is 0 Å². The molecule has 3 aliphatic rings. The van der Waals surface area contributed by atoms with Crippen molar-refractivity contribution in [1.29, 1.82) is 0 Å². The molecule has 3 N–H and O–H groups in total. The van der Waals surface area contributed by atoms with Crippen LogP contribution in [0.15, 0.2) is 48.5 Å². The second-order valence-corrected chi connectivity index (χ2v) is 11.6. The van der Waals surface area contributed by atoms with E-state index in [0.29, 0.717) is 34.4 Å². The van der Waals surface area contributed by atoms with Gasteiger partial charge in [-0.2, -0.15) is 0 Å². The van der Waals surface area contributed by atoms with Crippen LogP contribution in [0.3, 0.4) is 0 Å². The first-order valence-corrected chi connectivity index (χ1v) is 14.5. The number of carbonyl (C=O) groups excluding carboxylic acids is 3. The van der Waals surface area contributed by atoms with Crippen molar-refractivity contribution < 1.29 is 24.2 Å². The minimum atomic E-state index is -1.01. The first kappa shape index (κ1) is 24.4. The number of aliphatic hydroxyl groups is 1. The Morgan fingerprint density at radius 3 is 2.02 bits per heavy atom. The van der Waals surface area contributed by atoms with E-state index >= 15 is 0 Å². The highest BCUT2D eigenvalue weighted by molar-refractivity contribution is 6.39. The van der Waals surface area contributed by atoms with Crippen LogP contribution in [0.25, 0.3) is 43.6 Å². The van der Waals surface area contributed by atoms with Crippen LogP contribution in [0.1, 0.15) is 52.8 Å². The third kappa shape index (κ3) is 3.54. The van der Waals surface area contributed by atoms with E-state index in [1.807, 2.05) is 57.7 Å². The van der Waals surface area contributed by atoms with Gasteiger partial charge < -0.3 is 24.3 Å². The molecule has 2 unspecified atom stereocenters. The number of amides is 3. The molecule has 2 aromatic heterocycles. The van der Waals surface area contributed by atoms with Gasteiger partial charge in [0, 0.05) is 39.1 Å². The van der Waals surface area contributed by atoms with Gasteiger partial charge in [0.25, 0.3) is 11.8 Å². The number of imide groups is 1. The summed E-state index contributed by atoms with van der Waals surface area (Å²) in [6.45, 7) is 0.932. The van der Waals surface area contributed by atoms with E-state index in [-0.39, 0.29) is 13.1 Å². The predicted octanol–water partition coefficient (Wildman–Crippen LogP) is 4.84. The molecule has 5 aromatic rings. The van der Waals surface area contributed by atoms with Gasteiger partial charge in [0.2, 0.25) is 0 Å². The van der Waals surface area contributed by atoms with Crippen molar-refractivity contribution in [2.75, 3.05) is 6.54 Å². The molecule has 4 heterocycles. The highest BCUT2D eigenvalue weighted by Crippen LogP contribution is 2.45. The lowest BCUT2D eigenvalue weighted by Gasteiger charge is -2.28. The number of nitrogens with one attached hydrogen (secondary N) is 2. The fraction of sp³-hybridized carbons (Fsp3) is 0.344. The number of ether oxygens (including phenoxy) is 1. The summed E-state index contributed by atoms with van der Waals surface area (Å²) in [6.07, 6.45) is 3.44. The lowest BCUT2D eigenvalue weighted by atomic mass is 9.89. The van der Waals surface area contributed by atoms with Crippen molar-refractivity contribution in [3.8, 4) is 0 Å². The van der Waals surface area contributed by atoms with Crippen LogP contribution >= 0.6 is 0 Å². The third-order valence-electron chi connectivity index (χ3n) is 9.28. The molecule has 8 rings (SSSR count). The molecule has 0 radical (unpaired) electrons. The second kappa shape index (κ2) is 9.07. The molecule has 0 saturated heterocycles. The summed E-state index contributed by atoms with van der Waals surface area (Å²) in [6, 6.07) is 15.5. The number of hydrogen-bond acceptors (Lipinski definition) is 5. The average molecular weight is 551 g/mol. The smallest absolute Gasteiger partial charge is 0.407 e. The zero-order valence-corrected chi connectivity index (χ0v) is 22.5. The molecule has 0 bridgehead atoms. The number of nitrogens with zero attached hydrogens (tertiary/aromatic N) is 2. The molecule has 41 heavy (non-hydrogen) atoms. The molecule has 3 aromatic carbocycles. The van der Waals surface area contributed by atoms with Crippen LogP contribution in [-0.2, 0) is 17.8 Å². The van der Waals surface area contributed by atoms with E-state index in [9.17, 15) is 19.5 Å². The van der Waals surface area contributed by atoms with Crippen LogP contribution in [-0.4, -0.2) is 50.9 Å². The van der Waals surface area contributed by atoms with Crippen molar-refractivity contribution in [2.24, 2.45) is 5.92 Å². The van der Waals surface area contributed by atoms with Gasteiger partial charge in [-0.05, 0) is 30.9 Å². The number of para-hydroxylation sites is 2. The summed E-state index contributed by atoms with van der Waals surface area (Å²) in [5.74, 6) is -0.373. The molecule has 1 saturated carbocycles. The van der Waals surface area contributed by atoms with Crippen LogP contribution in [0, 0.1) is 5.92 Å². The lowest BCUT2D eigenvalue weighted by Crippen LogP contribution is -2.42. The van der Waals surface area contributed by atoms with Crippen LogP contribution in [0.2, 0.25) is 0 Å². The zero-order valence-electron chi connectivity index (χ0n) is 22.5. The predicted molar refractivity (Wildman–Crippen MR) is 155 cm³/mol. The van der Waals surface area contributed by atoms with E-state index in [0.717, 1.165) is 45.7 Å². The summed E-state index contributed by atoms with van der Waals surface area (Å²) < 4.78 is 10.00. The molecular weight excluding hydrogens is 520 g/mol. The Kier molecular flexibility index (Phi) is 5.41. The fourth-order valence-corrected chi connectivity index (χ4v) is 7.44. The van der Waals surface area contributed by atoms with E-state index in [1.54, 1.807) is 0 Å². The molecule has 1 fully saturated rings. The molecule has 3 amide bonds. The molecule has 0 spiro atoms. The molecule has 2 aliphatic heterocycles. The Balaban J connectivity index is 1.34. The van der Waals surface area contributed by atoms with Crippen molar-refractivity contribution in [2.45, 2.75) is 57.4 Å². The highest BCUT2D eigenvalue weighted by Gasteiger charge is 2.39. The van der Waals surface area contributed by atoms with E-state index in [1.165, 1.54) is 19.3 Å². The molecule has 9 nitrogen and oxygen atoms in total. The van der Waals surface area contributed by atoms with Gasteiger partial charge in [-0.15, -0.1) is 0 Å². The molecule has 208 valence electrons. The largest absolute Gasteiger partial charge is 0.441 e. The Labute approximate surface area is 235 Å². The summed E-state index contributed by atoms with van der Waals surface area (Å²) in [7, 11) is 0. The Hall–Kier alpha value is -4.37. The van der Waals surface area contributed by atoms with Crippen LogP contribution in [0.4, 0.5) is 4.79 Å². The number of fused-ring (bicyclic) bond motifs is 9. The van der Waals surface area contributed by atoms with Crippen molar-refractivity contribution in [3.05, 3.63) is 59.7 Å². The maximum Gasteiger partial charge on any atom is 0.407 e. The average Bonchev–Trinajstić information content (AvgIpc) is 3.58. The third-order valence-corrected chi connectivity index (χ3v) is 9.28. The number of aliphatic hydroxyl groups excluding tert-OH is 1. The molecule has 9 heteroatoms. The van der Waals surface area contributed by atoms with Crippen molar-refractivity contribution in [1.82, 2.24) is 19.8 Å². The summed E-state index contributed by atoms with van der Waals surface area (Å²) in [4.78, 5) is 39.6. The van der Waals surface area contributed by atoms with Crippen molar-refractivity contribution >= 4 is 61.5 Å². The number of carbonyl (C=O) groups is 3. The zero-order chi connectivity index (χ0) is 27.8. The SMILES string of the molecule is O=C(NCC1CCCCC1)OC1Cn2c3ccccc3c3c4c(c5c6ccccc6n(c5c32)CC1O)C(=O)NC4=O. The van der Waals surface area contributed by atoms with Gasteiger partial charge in [0.15, 0.2) is 0 Å². The quantitative estimate of drug-likeness (QED) is 0.278. The lowest BCUT2D eigenvalue weighted by molar-refractivity contribution is -0.0127. The summed E-state index contributed by atoms with van der Waals surface area (Å²) >= 11 is 0. The Morgan fingerprint density at radius 2 is 1.41 bits per heavy atom. The Bertz CT molecular complexity index is 1930. The second-order valence-electron chi connectivity index (χ2n) is 11.6. The number of alkyl carbamates (subject to hydrolysis) is 1. The fourth-order valence-electron chi connectivity index (χ4n) is 7.44. The normalized spacial score (nSPS) is 21.0. The van der Waals surface area contributed by atoms with Gasteiger partial charge in [-0.25, -0.2) is 4.79 Å². The summed E-state index contributed by atoms with van der Waals surface area (Å²) in [5.41, 5.74) is 4.01. The van der Waals surface area contributed by atoms with Gasteiger partial charge in [-0.1, -0.05) is 55.7 Å². The molecule has 1 aliphatic carbocycles. The first-order chi connectivity index (χ1) is 20.0. The van der Waals surface area contributed by atoms with Gasteiger partial charge in [0.05, 0.1) is 35.2 Å². The van der Waals surface area contributed by atoms with Crippen LogP contribution < -0.4 is 10.6 Å². The first-order valence-electron chi connectivity index (χ1n) is 14.5. The van der Waals surface area contributed by atoms with E-state index in [2.05, 4.69) is 10.6 Å². The number of aromatic nitrogens is 2. The minimum absolute atomic E-state index is 0.162. The standard InChI is InChI=1S/C32H30N4O5/c37-22-15-35-20-12-6-4-10-18(20)24-26-27(31(39)34-30(26)38)25-19-11-5-7-13-21(19)36(29(25)28(24)35)16-23(22)41-32(40)33-14-17-8-2-1-3-9-17/h4-7,10-13,17,22-23,37H,1-3,8-9,14-16H2,(H,33,40)(H,34,38,39). The summed E-state index contributed by atoms with van der Waals surface area (Å²) in [5, 5.41) is 20.1. The highest BCUT2D eigenvalue weighted by atomic mass is 16.6. The topological polar surface area (TPSA) is 115 Å². The van der Waals surface area contributed by atoms with Gasteiger partial charge >= 0.3 is 6.09 Å². The number of benzene rings is 3. The monoisotopic (exact) mass is 550 g/mol. The van der Waals surface area contributed by atoms with E-state index in [4.69, 9.17) is 4.74 Å². The van der Waals surface area contributed by atoms with E-state index < -0.39 is 30.1 Å². The maximum atomic E-state index is 13.3.